The lowest BCUT2D eigenvalue weighted by atomic mass is 9.90. The largest absolute Gasteiger partial charge is 0.417 e. The lowest BCUT2D eigenvalue weighted by Gasteiger charge is -2.21. The second-order valence-corrected chi connectivity index (χ2v) is 17.1. The predicted molar refractivity (Wildman–Crippen MR) is 272 cm³/mol. The molecule has 4 heterocycles. The Morgan fingerprint density at radius 1 is 0.386 bits per heavy atom. The molecule has 12 aromatic rings. The van der Waals surface area contributed by atoms with E-state index < -0.39 is 11.7 Å². The van der Waals surface area contributed by atoms with E-state index in [0.29, 0.717) is 11.4 Å². The van der Waals surface area contributed by atoms with Crippen LogP contribution in [0.1, 0.15) is 16.7 Å². The van der Waals surface area contributed by atoms with Gasteiger partial charge in [0.2, 0.25) is 0 Å². The molecule has 0 bridgehead atoms. The second kappa shape index (κ2) is 16.6. The van der Waals surface area contributed by atoms with Gasteiger partial charge < -0.3 is 9.13 Å². The zero-order valence-corrected chi connectivity index (χ0v) is 37.0. The summed E-state index contributed by atoms with van der Waals surface area (Å²) in [6.45, 7) is 0. The SMILES string of the molecule is N#Cc1cc(-n2c3ccccc3c3cc(-c4ccc(-c5ccccc5)nc4)ccc32)c(-n2c3ccccc3c3cc(-c4ccc(-c5ccccc5)nc4)ccc32)cc1-c1c(C#N)cccc1C(F)(F)F. The van der Waals surface area contributed by atoms with Crippen LogP contribution in [0.4, 0.5) is 13.2 Å². The summed E-state index contributed by atoms with van der Waals surface area (Å²) in [5.74, 6) is 0. The first-order chi connectivity index (χ1) is 34.3. The molecule has 12 rings (SSSR count). The number of fused-ring (bicyclic) bond motifs is 6. The highest BCUT2D eigenvalue weighted by Gasteiger charge is 2.36. The number of para-hydroxylation sites is 2. The van der Waals surface area contributed by atoms with Crippen molar-refractivity contribution in [2.24, 2.45) is 0 Å². The summed E-state index contributed by atoms with van der Waals surface area (Å²) in [4.78, 5) is 9.60. The Hall–Kier alpha value is -9.57. The topological polar surface area (TPSA) is 83.2 Å². The van der Waals surface area contributed by atoms with Crippen LogP contribution in [0.5, 0.6) is 0 Å². The van der Waals surface area contributed by atoms with Gasteiger partial charge in [0.1, 0.15) is 0 Å². The second-order valence-electron chi connectivity index (χ2n) is 17.1. The maximum absolute atomic E-state index is 15.1. The first-order valence-electron chi connectivity index (χ1n) is 22.6. The number of pyridine rings is 2. The van der Waals surface area contributed by atoms with E-state index in [2.05, 4.69) is 45.5 Å². The molecule has 0 saturated heterocycles. The number of halogens is 3. The van der Waals surface area contributed by atoms with E-state index in [-0.39, 0.29) is 22.3 Å². The van der Waals surface area contributed by atoms with Gasteiger partial charge in [-0.15, -0.1) is 0 Å². The van der Waals surface area contributed by atoms with Gasteiger partial charge in [0.15, 0.2) is 0 Å². The number of hydrogen-bond acceptors (Lipinski definition) is 4. The Balaban J connectivity index is 1.12. The van der Waals surface area contributed by atoms with Crippen molar-refractivity contribution in [3.63, 3.8) is 0 Å². The van der Waals surface area contributed by atoms with Crippen LogP contribution in [-0.2, 0) is 6.18 Å². The summed E-state index contributed by atoms with van der Waals surface area (Å²) in [6, 6.07) is 67.5. The van der Waals surface area contributed by atoms with Gasteiger partial charge in [-0.05, 0) is 83.9 Å². The zero-order valence-electron chi connectivity index (χ0n) is 37.0. The lowest BCUT2D eigenvalue weighted by Crippen LogP contribution is -2.10. The van der Waals surface area contributed by atoms with Gasteiger partial charge in [0.25, 0.3) is 0 Å². The van der Waals surface area contributed by atoms with Crippen molar-refractivity contribution in [1.29, 1.82) is 10.5 Å². The van der Waals surface area contributed by atoms with Crippen LogP contribution in [-0.4, -0.2) is 19.1 Å². The quantitative estimate of drug-likeness (QED) is 0.159. The standard InChI is InChI=1S/C61H35F3N6/c62-61(63,64)51-19-11-16-42(34-65)60(51)48-33-59(70-55-21-10-8-18-47(55)50-31-41(25-29-57(50)70)44-23-27-53(68-37-44)39-14-5-2-6-15-39)58(32-45(48)35-66)69-54-20-9-7-17-46(54)49-30-40(24-28-56(49)69)43-22-26-52(67-36-43)38-12-3-1-4-13-38/h1-33,36-37H. The molecule has 330 valence electrons. The van der Waals surface area contributed by atoms with Gasteiger partial charge in [-0.25, -0.2) is 0 Å². The highest BCUT2D eigenvalue weighted by molar-refractivity contribution is 6.13. The van der Waals surface area contributed by atoms with Gasteiger partial charge >= 0.3 is 6.18 Å². The van der Waals surface area contributed by atoms with Crippen LogP contribution in [0.25, 0.3) is 111 Å². The minimum Gasteiger partial charge on any atom is -0.307 e. The smallest absolute Gasteiger partial charge is 0.307 e. The summed E-state index contributed by atoms with van der Waals surface area (Å²) in [6.07, 6.45) is -1.09. The number of aromatic nitrogens is 4. The molecule has 9 heteroatoms. The van der Waals surface area contributed by atoms with E-state index in [1.54, 1.807) is 12.1 Å². The number of hydrogen-bond donors (Lipinski definition) is 0. The first-order valence-corrected chi connectivity index (χ1v) is 22.6. The van der Waals surface area contributed by atoms with Gasteiger partial charge in [-0.2, -0.15) is 23.7 Å². The summed E-state index contributed by atoms with van der Waals surface area (Å²) >= 11 is 0. The fourth-order valence-corrected chi connectivity index (χ4v) is 9.92. The Morgan fingerprint density at radius 2 is 0.843 bits per heavy atom. The van der Waals surface area contributed by atoms with Crippen molar-refractivity contribution in [1.82, 2.24) is 19.1 Å². The van der Waals surface area contributed by atoms with Crippen LogP contribution >= 0.6 is 0 Å². The molecule has 0 aliphatic carbocycles. The monoisotopic (exact) mass is 908 g/mol. The molecule has 0 aliphatic heterocycles. The molecular weight excluding hydrogens is 874 g/mol. The molecule has 70 heavy (non-hydrogen) atoms. The molecule has 0 fully saturated rings. The maximum atomic E-state index is 15.1. The van der Waals surface area contributed by atoms with Crippen LogP contribution in [0.2, 0.25) is 0 Å². The Labute approximate surface area is 399 Å². The Morgan fingerprint density at radius 3 is 1.31 bits per heavy atom. The van der Waals surface area contributed by atoms with Crippen molar-refractivity contribution in [2.45, 2.75) is 6.18 Å². The molecule has 6 nitrogen and oxygen atoms in total. The average Bonchev–Trinajstić information content (AvgIpc) is 3.92. The molecule has 4 aromatic heterocycles. The molecule has 0 saturated carbocycles. The molecular formula is C61H35F3N6. The van der Waals surface area contributed by atoms with Gasteiger partial charge in [-0.1, -0.05) is 127 Å². The number of rotatable bonds is 7. The number of alkyl halides is 3. The van der Waals surface area contributed by atoms with E-state index >= 15 is 13.2 Å². The molecule has 0 atom stereocenters. The molecule has 0 amide bonds. The summed E-state index contributed by atoms with van der Waals surface area (Å²) in [5, 5.41) is 25.0. The van der Waals surface area contributed by atoms with Crippen LogP contribution in [0, 0.1) is 22.7 Å². The maximum Gasteiger partial charge on any atom is 0.417 e. The first kappa shape index (κ1) is 41.8. The third-order valence-corrected chi connectivity index (χ3v) is 13.2. The normalized spacial score (nSPS) is 11.6. The number of nitrogens with zero attached hydrogens (tertiary/aromatic N) is 6. The fraction of sp³-hybridized carbons (Fsp3) is 0.0164. The summed E-state index contributed by atoms with van der Waals surface area (Å²) in [5.41, 5.74) is 10.2. The molecule has 0 spiro atoms. The van der Waals surface area contributed by atoms with E-state index in [4.69, 9.17) is 9.97 Å². The van der Waals surface area contributed by atoms with Gasteiger partial charge in [-0.3, -0.25) is 9.97 Å². The zero-order chi connectivity index (χ0) is 47.5. The third-order valence-electron chi connectivity index (χ3n) is 13.2. The van der Waals surface area contributed by atoms with Crippen molar-refractivity contribution >= 4 is 43.6 Å². The minimum absolute atomic E-state index is 0.00707. The molecule has 8 aromatic carbocycles. The Bertz CT molecular complexity index is 4100. The van der Waals surface area contributed by atoms with Crippen LogP contribution in [0.3, 0.4) is 0 Å². The fourth-order valence-electron chi connectivity index (χ4n) is 9.92. The van der Waals surface area contributed by atoms with Crippen molar-refractivity contribution in [2.75, 3.05) is 0 Å². The third kappa shape index (κ3) is 6.96. The van der Waals surface area contributed by atoms with E-state index in [1.807, 2.05) is 158 Å². The highest BCUT2D eigenvalue weighted by atomic mass is 19.4. The number of benzene rings is 8. The highest BCUT2D eigenvalue weighted by Crippen LogP contribution is 2.45. The lowest BCUT2D eigenvalue weighted by molar-refractivity contribution is -0.137. The van der Waals surface area contributed by atoms with Crippen molar-refractivity contribution in [3.05, 3.63) is 229 Å². The molecule has 0 aliphatic rings. The van der Waals surface area contributed by atoms with Crippen molar-refractivity contribution in [3.8, 4) is 79.4 Å². The van der Waals surface area contributed by atoms with Crippen LogP contribution in [0.15, 0.2) is 213 Å². The van der Waals surface area contributed by atoms with Crippen molar-refractivity contribution < 1.29 is 13.2 Å². The predicted octanol–water partition coefficient (Wildman–Crippen LogP) is 15.8. The Kier molecular flexibility index (Phi) is 9.94. The summed E-state index contributed by atoms with van der Waals surface area (Å²) < 4.78 is 49.3. The average molecular weight is 909 g/mol. The molecule has 0 N–H and O–H groups in total. The van der Waals surface area contributed by atoms with E-state index in [0.717, 1.165) is 94.4 Å². The molecule has 0 unspecified atom stereocenters. The summed E-state index contributed by atoms with van der Waals surface area (Å²) in [7, 11) is 0. The molecule has 0 radical (unpaired) electrons. The van der Waals surface area contributed by atoms with Gasteiger partial charge in [0.05, 0.1) is 73.7 Å². The van der Waals surface area contributed by atoms with Crippen LogP contribution < -0.4 is 0 Å². The van der Waals surface area contributed by atoms with E-state index in [9.17, 15) is 10.5 Å². The minimum atomic E-state index is -4.83. The van der Waals surface area contributed by atoms with Gasteiger partial charge in [0, 0.05) is 67.3 Å². The van der Waals surface area contributed by atoms with E-state index in [1.165, 1.54) is 12.1 Å². The number of nitriles is 2.